The van der Waals surface area contributed by atoms with Crippen LogP contribution < -0.4 is 44.6 Å². The average molecular weight is 547 g/mol. The lowest BCUT2D eigenvalue weighted by molar-refractivity contribution is -0.142. The Bertz CT molecular complexity index is 816. The number of thiol groups is 1. The maximum Gasteiger partial charge on any atom is 0.326 e. The van der Waals surface area contributed by atoms with Crippen LogP contribution in [0.4, 0.5) is 0 Å². The predicted molar refractivity (Wildman–Crippen MR) is 145 cm³/mol. The van der Waals surface area contributed by atoms with Crippen molar-refractivity contribution in [1.82, 2.24) is 16.0 Å². The van der Waals surface area contributed by atoms with Gasteiger partial charge in [-0.25, -0.2) is 4.79 Å². The standard InChI is InChI=1S/C21H42N10O5S/c1-11(2)9-12(22)16(32)31-15(10-37)18(34)29-13(5-3-7-27-20(23)24)17(33)30-14(19(35)36)6-4-8-28-21(25)26/h11-15,37H,3-10,22H2,1-2H3,(H,29,34)(H,30,33)(H,31,32)(H,35,36)(H4,23,24,27)(H4,25,26,28). The first-order chi connectivity index (χ1) is 17.3. The zero-order valence-corrected chi connectivity index (χ0v) is 22.2. The first-order valence-corrected chi connectivity index (χ1v) is 12.5. The third-order valence-electron chi connectivity index (χ3n) is 5.02. The molecule has 0 bridgehead atoms. The van der Waals surface area contributed by atoms with Gasteiger partial charge in [-0.15, -0.1) is 0 Å². The van der Waals surface area contributed by atoms with Crippen molar-refractivity contribution in [3.05, 3.63) is 0 Å². The number of nitrogens with two attached hydrogens (primary N) is 5. The minimum Gasteiger partial charge on any atom is -0.480 e. The molecular formula is C21H42N10O5S. The molecule has 0 spiro atoms. The van der Waals surface area contributed by atoms with Crippen molar-refractivity contribution >= 4 is 48.2 Å². The normalized spacial score (nSPS) is 14.0. The Hall–Kier alpha value is -3.27. The lowest BCUT2D eigenvalue weighted by Crippen LogP contribution is -2.57. The zero-order chi connectivity index (χ0) is 28.5. The Labute approximate surface area is 222 Å². The lowest BCUT2D eigenvalue weighted by atomic mass is 10.0. The van der Waals surface area contributed by atoms with Gasteiger partial charge in [0.25, 0.3) is 0 Å². The van der Waals surface area contributed by atoms with Crippen LogP contribution in [-0.2, 0) is 19.2 Å². The molecule has 0 aliphatic heterocycles. The van der Waals surface area contributed by atoms with Crippen LogP contribution in [0.25, 0.3) is 0 Å². The van der Waals surface area contributed by atoms with Crippen LogP contribution in [0.5, 0.6) is 0 Å². The Morgan fingerprint density at radius 1 is 0.784 bits per heavy atom. The van der Waals surface area contributed by atoms with Crippen LogP contribution in [0, 0.1) is 5.92 Å². The van der Waals surface area contributed by atoms with Gasteiger partial charge in [-0.1, -0.05) is 13.8 Å². The average Bonchev–Trinajstić information content (AvgIpc) is 2.79. The highest BCUT2D eigenvalue weighted by Gasteiger charge is 2.29. The number of nitrogens with one attached hydrogen (secondary N) is 3. The van der Waals surface area contributed by atoms with E-state index in [1.807, 2.05) is 13.8 Å². The van der Waals surface area contributed by atoms with E-state index in [-0.39, 0.29) is 49.5 Å². The highest BCUT2D eigenvalue weighted by molar-refractivity contribution is 7.80. The van der Waals surface area contributed by atoms with Gasteiger partial charge in [-0.3, -0.25) is 24.4 Å². The summed E-state index contributed by atoms with van der Waals surface area (Å²) >= 11 is 4.13. The van der Waals surface area contributed by atoms with Crippen molar-refractivity contribution < 1.29 is 24.3 Å². The number of hydrogen-bond acceptors (Lipinski definition) is 8. The summed E-state index contributed by atoms with van der Waals surface area (Å²) in [4.78, 5) is 57.5. The van der Waals surface area contributed by atoms with Gasteiger partial charge in [-0.2, -0.15) is 12.6 Å². The van der Waals surface area contributed by atoms with Crippen LogP contribution >= 0.6 is 12.6 Å². The van der Waals surface area contributed by atoms with Gasteiger partial charge in [0.2, 0.25) is 17.7 Å². The molecular weight excluding hydrogens is 504 g/mol. The summed E-state index contributed by atoms with van der Waals surface area (Å²) in [6, 6.07) is -4.26. The van der Waals surface area contributed by atoms with Crippen LogP contribution in [0.2, 0.25) is 0 Å². The van der Waals surface area contributed by atoms with E-state index in [1.165, 1.54) is 0 Å². The summed E-state index contributed by atoms with van der Waals surface area (Å²) in [5.74, 6) is -3.34. The van der Waals surface area contributed by atoms with E-state index in [0.29, 0.717) is 19.3 Å². The first kappa shape index (κ1) is 33.7. The van der Waals surface area contributed by atoms with Crippen molar-refractivity contribution in [2.75, 3.05) is 18.8 Å². The second-order valence-electron chi connectivity index (χ2n) is 8.84. The number of hydrogen-bond donors (Lipinski definition) is 10. The molecule has 0 aromatic carbocycles. The van der Waals surface area contributed by atoms with Crippen molar-refractivity contribution in [3.63, 3.8) is 0 Å². The van der Waals surface area contributed by atoms with Crippen LogP contribution in [-0.4, -0.2) is 83.7 Å². The summed E-state index contributed by atoms with van der Waals surface area (Å²) in [6.07, 6.45) is 1.16. The number of aliphatic carboxylic acids is 1. The number of carbonyl (C=O) groups is 4. The summed E-state index contributed by atoms with van der Waals surface area (Å²) < 4.78 is 0. The molecule has 0 aliphatic rings. The number of carbonyl (C=O) groups excluding carboxylic acids is 3. The molecule has 212 valence electrons. The van der Waals surface area contributed by atoms with Crippen molar-refractivity contribution in [2.45, 2.75) is 70.1 Å². The molecule has 4 unspecified atom stereocenters. The summed E-state index contributed by atoms with van der Waals surface area (Å²) in [5, 5.41) is 17.0. The summed E-state index contributed by atoms with van der Waals surface area (Å²) in [6.45, 7) is 4.18. The minimum absolute atomic E-state index is 0.0512. The molecule has 0 heterocycles. The Balaban J connectivity index is 5.42. The highest BCUT2D eigenvalue weighted by atomic mass is 32.1. The molecule has 0 fully saturated rings. The topological polar surface area (TPSA) is 279 Å². The van der Waals surface area contributed by atoms with Crippen molar-refractivity contribution in [1.29, 1.82) is 0 Å². The van der Waals surface area contributed by atoms with Gasteiger partial charge in [0.05, 0.1) is 6.04 Å². The maximum absolute atomic E-state index is 13.0. The highest BCUT2D eigenvalue weighted by Crippen LogP contribution is 2.06. The summed E-state index contributed by atoms with van der Waals surface area (Å²) in [7, 11) is 0. The molecule has 0 saturated carbocycles. The summed E-state index contributed by atoms with van der Waals surface area (Å²) in [5.41, 5.74) is 27.0. The number of amides is 3. The van der Waals surface area contributed by atoms with Gasteiger partial charge in [0, 0.05) is 18.8 Å². The third-order valence-corrected chi connectivity index (χ3v) is 5.38. The van der Waals surface area contributed by atoms with E-state index in [4.69, 9.17) is 28.7 Å². The minimum atomic E-state index is -1.26. The SMILES string of the molecule is CC(C)CC(N)C(=O)NC(CS)C(=O)NC(CCCN=C(N)N)C(=O)NC(CCCN=C(N)N)C(=O)O. The molecule has 0 rings (SSSR count). The molecule has 4 atom stereocenters. The first-order valence-electron chi connectivity index (χ1n) is 11.9. The van der Waals surface area contributed by atoms with Crippen molar-refractivity contribution in [3.8, 4) is 0 Å². The second kappa shape index (κ2) is 18.0. The zero-order valence-electron chi connectivity index (χ0n) is 21.4. The molecule has 0 aliphatic carbocycles. The molecule has 0 radical (unpaired) electrons. The molecule has 16 heteroatoms. The lowest BCUT2D eigenvalue weighted by Gasteiger charge is -2.24. The second-order valence-corrected chi connectivity index (χ2v) is 9.20. The van der Waals surface area contributed by atoms with E-state index < -0.39 is 47.9 Å². The Kier molecular flexibility index (Phi) is 16.5. The predicted octanol–water partition coefficient (Wildman–Crippen LogP) is -3.06. The molecule has 0 aromatic rings. The van der Waals surface area contributed by atoms with E-state index in [9.17, 15) is 24.3 Å². The van der Waals surface area contributed by atoms with Crippen LogP contribution in [0.15, 0.2) is 9.98 Å². The molecule has 3 amide bonds. The van der Waals surface area contributed by atoms with Gasteiger partial charge in [0.15, 0.2) is 11.9 Å². The van der Waals surface area contributed by atoms with Gasteiger partial charge in [0.1, 0.15) is 18.1 Å². The monoisotopic (exact) mass is 546 g/mol. The molecule has 37 heavy (non-hydrogen) atoms. The number of rotatable bonds is 18. The van der Waals surface area contributed by atoms with E-state index in [0.717, 1.165) is 0 Å². The number of aliphatic imine (C=N–C) groups is 2. The molecule has 0 saturated heterocycles. The maximum atomic E-state index is 13.0. The fourth-order valence-corrected chi connectivity index (χ4v) is 3.42. The molecule has 0 aromatic heterocycles. The third kappa shape index (κ3) is 15.4. The van der Waals surface area contributed by atoms with Gasteiger partial charge >= 0.3 is 5.97 Å². The molecule has 14 N–H and O–H groups in total. The Morgan fingerprint density at radius 2 is 1.22 bits per heavy atom. The van der Waals surface area contributed by atoms with Crippen LogP contribution in [0.3, 0.4) is 0 Å². The Morgan fingerprint density at radius 3 is 1.65 bits per heavy atom. The number of carboxylic acid groups (broad SMARTS) is 1. The number of nitrogens with zero attached hydrogens (tertiary/aromatic N) is 2. The van der Waals surface area contributed by atoms with Gasteiger partial charge < -0.3 is 49.7 Å². The van der Waals surface area contributed by atoms with Crippen molar-refractivity contribution in [2.24, 2.45) is 44.6 Å². The largest absolute Gasteiger partial charge is 0.480 e. The van der Waals surface area contributed by atoms with E-state index in [2.05, 4.69) is 38.6 Å². The van der Waals surface area contributed by atoms with Gasteiger partial charge in [-0.05, 0) is 38.0 Å². The smallest absolute Gasteiger partial charge is 0.326 e. The fraction of sp³-hybridized carbons (Fsp3) is 0.714. The van der Waals surface area contributed by atoms with Crippen LogP contribution in [0.1, 0.15) is 46.0 Å². The van der Waals surface area contributed by atoms with E-state index in [1.54, 1.807) is 0 Å². The fourth-order valence-electron chi connectivity index (χ4n) is 3.17. The quantitative estimate of drug-likeness (QED) is 0.0358. The number of guanidine groups is 2. The van der Waals surface area contributed by atoms with E-state index >= 15 is 0 Å². The number of carboxylic acids is 1. The molecule has 15 nitrogen and oxygen atoms in total.